The van der Waals surface area contributed by atoms with Gasteiger partial charge >= 0.3 is 0 Å². The average Bonchev–Trinajstić information content (AvgIpc) is 2.79. The van der Waals surface area contributed by atoms with Gasteiger partial charge in [-0.15, -0.1) is 0 Å². The first-order valence-corrected chi connectivity index (χ1v) is 6.68. The number of aryl methyl sites for hydroxylation is 2. The molecule has 0 aliphatic heterocycles. The van der Waals surface area contributed by atoms with E-state index in [0.717, 1.165) is 35.3 Å². The SMILES string of the molecule is COc1cc(C)c(C(=O)C2(C)CCCC2)cc1C. The van der Waals surface area contributed by atoms with Crippen LogP contribution in [0.25, 0.3) is 0 Å². The van der Waals surface area contributed by atoms with Crippen LogP contribution in [-0.4, -0.2) is 12.9 Å². The fourth-order valence-electron chi connectivity index (χ4n) is 2.96. The summed E-state index contributed by atoms with van der Waals surface area (Å²) in [5.74, 6) is 1.17. The van der Waals surface area contributed by atoms with Gasteiger partial charge in [0.15, 0.2) is 5.78 Å². The maximum Gasteiger partial charge on any atom is 0.169 e. The van der Waals surface area contributed by atoms with Crippen LogP contribution in [0.2, 0.25) is 0 Å². The Kier molecular flexibility index (Phi) is 3.47. The van der Waals surface area contributed by atoms with Crippen LogP contribution in [0.15, 0.2) is 12.1 Å². The summed E-state index contributed by atoms with van der Waals surface area (Å²) in [6.45, 7) is 6.10. The number of carbonyl (C=O) groups is 1. The fraction of sp³-hybridized carbons (Fsp3) is 0.562. The molecule has 98 valence electrons. The normalized spacial score (nSPS) is 17.8. The smallest absolute Gasteiger partial charge is 0.169 e. The van der Waals surface area contributed by atoms with E-state index in [4.69, 9.17) is 4.74 Å². The van der Waals surface area contributed by atoms with Crippen molar-refractivity contribution in [3.05, 3.63) is 28.8 Å². The van der Waals surface area contributed by atoms with Gasteiger partial charge in [-0.1, -0.05) is 19.8 Å². The number of ketones is 1. The van der Waals surface area contributed by atoms with Gasteiger partial charge in [-0.2, -0.15) is 0 Å². The van der Waals surface area contributed by atoms with Crippen LogP contribution in [0, 0.1) is 19.3 Å². The molecule has 0 aromatic heterocycles. The van der Waals surface area contributed by atoms with Gasteiger partial charge in [0.25, 0.3) is 0 Å². The maximum atomic E-state index is 12.7. The highest BCUT2D eigenvalue weighted by Crippen LogP contribution is 2.41. The second kappa shape index (κ2) is 4.75. The van der Waals surface area contributed by atoms with Crippen LogP contribution in [0.3, 0.4) is 0 Å². The molecule has 1 aliphatic carbocycles. The summed E-state index contributed by atoms with van der Waals surface area (Å²) in [5, 5.41) is 0. The van der Waals surface area contributed by atoms with E-state index in [1.54, 1.807) is 7.11 Å². The topological polar surface area (TPSA) is 26.3 Å². The third-order valence-electron chi connectivity index (χ3n) is 4.24. The fourth-order valence-corrected chi connectivity index (χ4v) is 2.96. The number of benzene rings is 1. The Balaban J connectivity index is 2.39. The van der Waals surface area contributed by atoms with E-state index in [9.17, 15) is 4.79 Å². The molecule has 1 aliphatic rings. The van der Waals surface area contributed by atoms with Crippen molar-refractivity contribution in [1.82, 2.24) is 0 Å². The zero-order valence-electron chi connectivity index (χ0n) is 11.8. The molecule has 1 saturated carbocycles. The van der Waals surface area contributed by atoms with Gasteiger partial charge in [-0.25, -0.2) is 0 Å². The van der Waals surface area contributed by atoms with Crippen molar-refractivity contribution < 1.29 is 9.53 Å². The monoisotopic (exact) mass is 246 g/mol. The van der Waals surface area contributed by atoms with E-state index in [1.165, 1.54) is 12.8 Å². The zero-order chi connectivity index (χ0) is 13.3. The Morgan fingerprint density at radius 2 is 1.78 bits per heavy atom. The van der Waals surface area contributed by atoms with Crippen molar-refractivity contribution in [2.24, 2.45) is 5.41 Å². The minimum Gasteiger partial charge on any atom is -0.496 e. The molecule has 2 nitrogen and oxygen atoms in total. The maximum absolute atomic E-state index is 12.7. The molecular formula is C16H22O2. The number of rotatable bonds is 3. The highest BCUT2D eigenvalue weighted by molar-refractivity contribution is 6.02. The summed E-state index contributed by atoms with van der Waals surface area (Å²) in [4.78, 5) is 12.7. The summed E-state index contributed by atoms with van der Waals surface area (Å²) in [6.07, 6.45) is 4.40. The number of hydrogen-bond donors (Lipinski definition) is 0. The number of Topliss-reactive ketones (excluding diaryl/α,β-unsaturated/α-hetero) is 1. The summed E-state index contributed by atoms with van der Waals surface area (Å²) in [5.41, 5.74) is 2.78. The van der Waals surface area contributed by atoms with Crippen molar-refractivity contribution in [1.29, 1.82) is 0 Å². The third-order valence-corrected chi connectivity index (χ3v) is 4.24. The molecule has 18 heavy (non-hydrogen) atoms. The molecule has 0 N–H and O–H groups in total. The van der Waals surface area contributed by atoms with Gasteiger partial charge in [-0.3, -0.25) is 4.79 Å². The van der Waals surface area contributed by atoms with Gasteiger partial charge in [0, 0.05) is 11.0 Å². The Hall–Kier alpha value is -1.31. The van der Waals surface area contributed by atoms with Crippen LogP contribution in [-0.2, 0) is 0 Å². The molecule has 0 spiro atoms. The second-order valence-electron chi connectivity index (χ2n) is 5.73. The molecule has 1 aromatic rings. The zero-order valence-corrected chi connectivity index (χ0v) is 11.8. The standard InChI is InChI=1S/C16H22O2/c1-11-10-14(18-4)12(2)9-13(11)15(17)16(3)7-5-6-8-16/h9-10H,5-8H2,1-4H3. The van der Waals surface area contributed by atoms with Gasteiger partial charge in [0.05, 0.1) is 7.11 Å². The van der Waals surface area contributed by atoms with Crippen molar-refractivity contribution in [3.63, 3.8) is 0 Å². The van der Waals surface area contributed by atoms with E-state index < -0.39 is 0 Å². The van der Waals surface area contributed by atoms with Crippen LogP contribution in [0.1, 0.15) is 54.1 Å². The first kappa shape index (κ1) is 13.1. The molecule has 1 fully saturated rings. The summed E-state index contributed by atoms with van der Waals surface area (Å²) in [6, 6.07) is 3.96. The van der Waals surface area contributed by atoms with Crippen molar-refractivity contribution in [2.45, 2.75) is 46.5 Å². The summed E-state index contributed by atoms with van der Waals surface area (Å²) in [7, 11) is 1.67. The number of ether oxygens (including phenoxy) is 1. The Morgan fingerprint density at radius 1 is 1.17 bits per heavy atom. The minimum atomic E-state index is -0.147. The molecule has 0 unspecified atom stereocenters. The number of hydrogen-bond acceptors (Lipinski definition) is 2. The molecular weight excluding hydrogens is 224 g/mol. The van der Waals surface area contributed by atoms with Gasteiger partial charge in [0.2, 0.25) is 0 Å². The molecule has 2 rings (SSSR count). The van der Waals surface area contributed by atoms with Crippen molar-refractivity contribution >= 4 is 5.78 Å². The van der Waals surface area contributed by atoms with E-state index in [-0.39, 0.29) is 5.41 Å². The summed E-state index contributed by atoms with van der Waals surface area (Å²) >= 11 is 0. The van der Waals surface area contributed by atoms with Crippen LogP contribution >= 0.6 is 0 Å². The Bertz CT molecular complexity index is 468. The Morgan fingerprint density at radius 3 is 2.33 bits per heavy atom. The molecule has 0 radical (unpaired) electrons. The van der Waals surface area contributed by atoms with Gasteiger partial charge in [0.1, 0.15) is 5.75 Å². The summed E-state index contributed by atoms with van der Waals surface area (Å²) < 4.78 is 5.30. The minimum absolute atomic E-state index is 0.147. The lowest BCUT2D eigenvalue weighted by molar-refractivity contribution is 0.0822. The van der Waals surface area contributed by atoms with Crippen molar-refractivity contribution in [2.75, 3.05) is 7.11 Å². The molecule has 0 saturated heterocycles. The molecule has 2 heteroatoms. The van der Waals surface area contributed by atoms with Crippen LogP contribution in [0.4, 0.5) is 0 Å². The average molecular weight is 246 g/mol. The van der Waals surface area contributed by atoms with E-state index in [2.05, 4.69) is 6.92 Å². The predicted molar refractivity (Wildman–Crippen MR) is 73.4 cm³/mol. The van der Waals surface area contributed by atoms with Gasteiger partial charge < -0.3 is 4.74 Å². The van der Waals surface area contributed by atoms with Crippen LogP contribution < -0.4 is 4.74 Å². The lowest BCUT2D eigenvalue weighted by atomic mass is 9.79. The van der Waals surface area contributed by atoms with Crippen LogP contribution in [0.5, 0.6) is 5.75 Å². The number of methoxy groups -OCH3 is 1. The first-order chi connectivity index (χ1) is 8.48. The lowest BCUT2D eigenvalue weighted by Gasteiger charge is -2.23. The second-order valence-corrected chi connectivity index (χ2v) is 5.73. The number of carbonyl (C=O) groups excluding carboxylic acids is 1. The lowest BCUT2D eigenvalue weighted by Crippen LogP contribution is -2.25. The van der Waals surface area contributed by atoms with Gasteiger partial charge in [-0.05, 0) is 49.9 Å². The van der Waals surface area contributed by atoms with Crippen molar-refractivity contribution in [3.8, 4) is 5.75 Å². The highest BCUT2D eigenvalue weighted by Gasteiger charge is 2.37. The molecule has 0 atom stereocenters. The Labute approximate surface area is 109 Å². The third kappa shape index (κ3) is 2.16. The largest absolute Gasteiger partial charge is 0.496 e. The van der Waals surface area contributed by atoms with E-state index in [0.29, 0.717) is 5.78 Å². The van der Waals surface area contributed by atoms with E-state index >= 15 is 0 Å². The molecule has 0 bridgehead atoms. The quantitative estimate of drug-likeness (QED) is 0.751. The predicted octanol–water partition coefficient (Wildman–Crippen LogP) is 4.08. The molecule has 0 heterocycles. The van der Waals surface area contributed by atoms with E-state index in [1.807, 2.05) is 26.0 Å². The first-order valence-electron chi connectivity index (χ1n) is 6.68. The molecule has 0 amide bonds. The molecule has 1 aromatic carbocycles. The highest BCUT2D eigenvalue weighted by atomic mass is 16.5.